The van der Waals surface area contributed by atoms with E-state index in [-0.39, 0.29) is 5.54 Å². The Morgan fingerprint density at radius 2 is 2.00 bits per heavy atom. The van der Waals surface area contributed by atoms with Crippen LogP contribution in [0.4, 0.5) is 0 Å². The zero-order valence-electron chi connectivity index (χ0n) is 9.20. The van der Waals surface area contributed by atoms with Gasteiger partial charge in [0, 0.05) is 17.9 Å². The number of hydrogen-bond acceptors (Lipinski definition) is 2. The van der Waals surface area contributed by atoms with Crippen LogP contribution in [0.2, 0.25) is 0 Å². The third kappa shape index (κ3) is 2.56. The van der Waals surface area contributed by atoms with E-state index in [1.807, 2.05) is 12.4 Å². The number of nitrogens with zero attached hydrogens (tertiary/aromatic N) is 3. The average molecular weight is 181 g/mol. The predicted molar refractivity (Wildman–Crippen MR) is 54.6 cm³/mol. The van der Waals surface area contributed by atoms with Crippen LogP contribution in [0.25, 0.3) is 0 Å². The highest BCUT2D eigenvalue weighted by Crippen LogP contribution is 2.16. The lowest BCUT2D eigenvalue weighted by Gasteiger charge is -2.24. The van der Waals surface area contributed by atoms with E-state index < -0.39 is 0 Å². The first kappa shape index (κ1) is 10.3. The van der Waals surface area contributed by atoms with Gasteiger partial charge in [0.15, 0.2) is 0 Å². The number of hydrogen-bond donors (Lipinski definition) is 0. The molecule has 0 aliphatic carbocycles. The molecule has 0 spiro atoms. The van der Waals surface area contributed by atoms with Gasteiger partial charge in [-0.25, -0.2) is 4.98 Å². The topological polar surface area (TPSA) is 21.1 Å². The molecule has 0 radical (unpaired) electrons. The summed E-state index contributed by atoms with van der Waals surface area (Å²) >= 11 is 0. The smallest absolute Gasteiger partial charge is 0.123 e. The van der Waals surface area contributed by atoms with Gasteiger partial charge in [-0.3, -0.25) is 0 Å². The van der Waals surface area contributed by atoms with Crippen LogP contribution >= 0.6 is 0 Å². The monoisotopic (exact) mass is 181 g/mol. The van der Waals surface area contributed by atoms with Crippen molar-refractivity contribution in [1.29, 1.82) is 0 Å². The summed E-state index contributed by atoms with van der Waals surface area (Å²) in [6.07, 6.45) is 3.91. The highest BCUT2D eigenvalue weighted by atomic mass is 15.2. The van der Waals surface area contributed by atoms with Crippen molar-refractivity contribution in [2.24, 2.45) is 0 Å². The van der Waals surface area contributed by atoms with Crippen LogP contribution in [0.15, 0.2) is 12.4 Å². The van der Waals surface area contributed by atoms with Crippen molar-refractivity contribution in [3.8, 4) is 0 Å². The molecule has 0 fully saturated rings. The van der Waals surface area contributed by atoms with Gasteiger partial charge < -0.3 is 9.47 Å². The Morgan fingerprint density at radius 3 is 2.46 bits per heavy atom. The average Bonchev–Trinajstić information content (AvgIpc) is 2.31. The Balaban J connectivity index is 2.90. The van der Waals surface area contributed by atoms with Crippen LogP contribution in [0.3, 0.4) is 0 Å². The molecule has 3 nitrogen and oxygen atoms in total. The Kier molecular flexibility index (Phi) is 2.76. The SMILES string of the molecule is CN(C)Cc1nccn1C(C)(C)C. The number of rotatable bonds is 2. The largest absolute Gasteiger partial charge is 0.329 e. The molecule has 0 atom stereocenters. The molecular formula is C10H19N3. The molecule has 0 aliphatic heterocycles. The maximum Gasteiger partial charge on any atom is 0.123 e. The molecule has 1 aromatic rings. The first-order valence-corrected chi connectivity index (χ1v) is 4.58. The second-order valence-corrected chi connectivity index (χ2v) is 4.62. The molecule has 1 aromatic heterocycles. The maximum atomic E-state index is 4.34. The van der Waals surface area contributed by atoms with Gasteiger partial charge in [0.2, 0.25) is 0 Å². The van der Waals surface area contributed by atoms with Gasteiger partial charge in [0.05, 0.1) is 6.54 Å². The van der Waals surface area contributed by atoms with E-state index in [2.05, 4.69) is 49.3 Å². The normalized spacial score (nSPS) is 12.5. The minimum atomic E-state index is 0.127. The van der Waals surface area contributed by atoms with Gasteiger partial charge >= 0.3 is 0 Å². The summed E-state index contributed by atoms with van der Waals surface area (Å²) in [6, 6.07) is 0. The van der Waals surface area contributed by atoms with E-state index in [0.29, 0.717) is 0 Å². The standard InChI is InChI=1S/C10H19N3/c1-10(2,3)13-7-6-11-9(13)8-12(4)5/h6-7H,8H2,1-5H3. The molecule has 0 saturated heterocycles. The van der Waals surface area contributed by atoms with E-state index in [0.717, 1.165) is 12.4 Å². The Hall–Kier alpha value is -0.830. The van der Waals surface area contributed by atoms with Gasteiger partial charge in [-0.2, -0.15) is 0 Å². The third-order valence-electron chi connectivity index (χ3n) is 1.90. The lowest BCUT2D eigenvalue weighted by atomic mass is 10.1. The van der Waals surface area contributed by atoms with Crippen molar-refractivity contribution in [1.82, 2.24) is 14.5 Å². The molecule has 0 unspecified atom stereocenters. The molecule has 0 bridgehead atoms. The van der Waals surface area contributed by atoms with Crippen LogP contribution in [-0.4, -0.2) is 28.5 Å². The van der Waals surface area contributed by atoms with Gasteiger partial charge in [-0.05, 0) is 34.9 Å². The van der Waals surface area contributed by atoms with Gasteiger partial charge in [-0.15, -0.1) is 0 Å². The molecule has 0 N–H and O–H groups in total. The maximum absolute atomic E-state index is 4.34. The zero-order chi connectivity index (χ0) is 10.1. The van der Waals surface area contributed by atoms with Gasteiger partial charge in [-0.1, -0.05) is 0 Å². The summed E-state index contributed by atoms with van der Waals surface area (Å²) in [7, 11) is 4.11. The molecular weight excluding hydrogens is 162 g/mol. The molecule has 1 heterocycles. The van der Waals surface area contributed by atoms with Crippen molar-refractivity contribution >= 4 is 0 Å². The predicted octanol–water partition coefficient (Wildman–Crippen LogP) is 1.70. The van der Waals surface area contributed by atoms with E-state index >= 15 is 0 Å². The van der Waals surface area contributed by atoms with Crippen LogP contribution in [0.1, 0.15) is 26.6 Å². The second kappa shape index (κ2) is 3.50. The summed E-state index contributed by atoms with van der Waals surface area (Å²) in [5.74, 6) is 1.12. The highest BCUT2D eigenvalue weighted by Gasteiger charge is 2.16. The highest BCUT2D eigenvalue weighted by molar-refractivity contribution is 4.97. The molecule has 0 aromatic carbocycles. The molecule has 74 valence electrons. The first-order valence-electron chi connectivity index (χ1n) is 4.58. The fourth-order valence-electron chi connectivity index (χ4n) is 1.34. The summed E-state index contributed by atoms with van der Waals surface area (Å²) < 4.78 is 2.22. The molecule has 0 aliphatic rings. The van der Waals surface area contributed by atoms with Crippen molar-refractivity contribution in [3.05, 3.63) is 18.2 Å². The fourth-order valence-corrected chi connectivity index (χ4v) is 1.34. The van der Waals surface area contributed by atoms with E-state index in [9.17, 15) is 0 Å². The van der Waals surface area contributed by atoms with E-state index in [1.165, 1.54) is 0 Å². The van der Waals surface area contributed by atoms with Gasteiger partial charge in [0.25, 0.3) is 0 Å². The first-order chi connectivity index (χ1) is 5.91. The van der Waals surface area contributed by atoms with Crippen molar-refractivity contribution in [3.63, 3.8) is 0 Å². The summed E-state index contributed by atoms with van der Waals surface area (Å²) in [6.45, 7) is 7.46. The van der Waals surface area contributed by atoms with Crippen molar-refractivity contribution in [2.75, 3.05) is 14.1 Å². The number of aromatic nitrogens is 2. The molecule has 1 rings (SSSR count). The minimum Gasteiger partial charge on any atom is -0.329 e. The number of imidazole rings is 1. The summed E-state index contributed by atoms with van der Waals surface area (Å²) in [5.41, 5.74) is 0.127. The lowest BCUT2D eigenvalue weighted by Crippen LogP contribution is -2.26. The molecule has 0 amide bonds. The van der Waals surface area contributed by atoms with Crippen LogP contribution in [0, 0.1) is 0 Å². The van der Waals surface area contributed by atoms with E-state index in [1.54, 1.807) is 0 Å². The quantitative estimate of drug-likeness (QED) is 0.692. The third-order valence-corrected chi connectivity index (χ3v) is 1.90. The van der Waals surface area contributed by atoms with Crippen LogP contribution in [0.5, 0.6) is 0 Å². The molecule has 0 saturated carbocycles. The molecule has 3 heteroatoms. The Morgan fingerprint density at radius 1 is 1.38 bits per heavy atom. The Bertz CT molecular complexity index is 268. The zero-order valence-corrected chi connectivity index (χ0v) is 9.20. The van der Waals surface area contributed by atoms with Crippen molar-refractivity contribution in [2.45, 2.75) is 32.9 Å². The molecule has 13 heavy (non-hydrogen) atoms. The van der Waals surface area contributed by atoms with Crippen molar-refractivity contribution < 1.29 is 0 Å². The van der Waals surface area contributed by atoms with E-state index in [4.69, 9.17) is 0 Å². The van der Waals surface area contributed by atoms with Gasteiger partial charge in [0.1, 0.15) is 5.82 Å². The summed E-state index contributed by atoms with van der Waals surface area (Å²) in [5, 5.41) is 0. The second-order valence-electron chi connectivity index (χ2n) is 4.62. The lowest BCUT2D eigenvalue weighted by molar-refractivity contribution is 0.334. The fraction of sp³-hybridized carbons (Fsp3) is 0.700. The Labute approximate surface area is 80.4 Å². The minimum absolute atomic E-state index is 0.127. The summed E-state index contributed by atoms with van der Waals surface area (Å²) in [4.78, 5) is 6.47. The van der Waals surface area contributed by atoms with Crippen LogP contribution < -0.4 is 0 Å². The van der Waals surface area contributed by atoms with Crippen LogP contribution in [-0.2, 0) is 12.1 Å².